The topological polar surface area (TPSA) is 75.3 Å². The third kappa shape index (κ3) is 4.56. The first-order valence-electron chi connectivity index (χ1n) is 10.5. The van der Waals surface area contributed by atoms with Crippen LogP contribution in [0.25, 0.3) is 10.2 Å². The van der Waals surface area contributed by atoms with Gasteiger partial charge in [0.2, 0.25) is 5.91 Å². The van der Waals surface area contributed by atoms with E-state index in [1.165, 1.54) is 16.9 Å². The van der Waals surface area contributed by atoms with Crippen LogP contribution in [-0.4, -0.2) is 41.0 Å². The number of aryl methyl sites for hydroxylation is 4. The van der Waals surface area contributed by atoms with Gasteiger partial charge < -0.3 is 14.6 Å². The van der Waals surface area contributed by atoms with Gasteiger partial charge in [-0.05, 0) is 55.9 Å². The first-order valence-corrected chi connectivity index (χ1v) is 11.3. The number of aromatic nitrogens is 2. The summed E-state index contributed by atoms with van der Waals surface area (Å²) in [6.45, 7) is 2.96. The van der Waals surface area contributed by atoms with Crippen LogP contribution in [0.5, 0.6) is 5.75 Å². The Morgan fingerprint density at radius 1 is 1.30 bits per heavy atom. The van der Waals surface area contributed by atoms with E-state index in [1.54, 1.807) is 23.3 Å². The molecule has 1 amide bonds. The molecule has 0 saturated carbocycles. The maximum Gasteiger partial charge on any atom is 0.259 e. The molecule has 30 heavy (non-hydrogen) atoms. The van der Waals surface area contributed by atoms with Crippen LogP contribution in [-0.2, 0) is 24.1 Å². The predicted molar refractivity (Wildman–Crippen MR) is 120 cm³/mol. The van der Waals surface area contributed by atoms with Gasteiger partial charge in [0, 0.05) is 24.8 Å². The number of rotatable bonds is 7. The molecule has 1 aliphatic carbocycles. The van der Waals surface area contributed by atoms with Gasteiger partial charge in [0.05, 0.1) is 11.9 Å². The number of hydrogen-bond acceptors (Lipinski definition) is 5. The van der Waals surface area contributed by atoms with Crippen LogP contribution in [0.1, 0.15) is 41.1 Å². The number of aromatic amines is 1. The number of carbonyl (C=O) groups excluding carboxylic acids is 1. The molecule has 1 N–H and O–H groups in total. The number of likely N-dealkylation sites (N-methyl/N-ethyl adjacent to an activating group) is 1. The summed E-state index contributed by atoms with van der Waals surface area (Å²) in [4.78, 5) is 36.4. The second kappa shape index (κ2) is 9.00. The van der Waals surface area contributed by atoms with Gasteiger partial charge in [-0.15, -0.1) is 11.3 Å². The number of amides is 1. The lowest BCUT2D eigenvalue weighted by molar-refractivity contribution is -0.130. The number of thiophene rings is 1. The Labute approximate surface area is 179 Å². The smallest absolute Gasteiger partial charge is 0.259 e. The molecule has 6 nitrogen and oxygen atoms in total. The largest absolute Gasteiger partial charge is 0.492 e. The van der Waals surface area contributed by atoms with Crippen molar-refractivity contribution in [3.8, 4) is 5.75 Å². The monoisotopic (exact) mass is 425 g/mol. The number of fused-ring (bicyclic) bond motifs is 3. The van der Waals surface area contributed by atoms with Crippen molar-refractivity contribution in [2.24, 2.45) is 0 Å². The van der Waals surface area contributed by atoms with Gasteiger partial charge in [-0.25, -0.2) is 4.98 Å². The molecule has 0 spiro atoms. The summed E-state index contributed by atoms with van der Waals surface area (Å²) in [7, 11) is 1.77. The van der Waals surface area contributed by atoms with E-state index in [0.717, 1.165) is 40.8 Å². The Bertz CT molecular complexity index is 1120. The molecule has 0 atom stereocenters. The van der Waals surface area contributed by atoms with E-state index in [9.17, 15) is 9.59 Å². The van der Waals surface area contributed by atoms with Gasteiger partial charge in [0.25, 0.3) is 5.56 Å². The fourth-order valence-electron chi connectivity index (χ4n) is 3.87. The van der Waals surface area contributed by atoms with Crippen molar-refractivity contribution in [3.05, 3.63) is 56.4 Å². The Morgan fingerprint density at radius 2 is 2.13 bits per heavy atom. The van der Waals surface area contributed by atoms with E-state index in [-0.39, 0.29) is 11.5 Å². The second-order valence-electron chi connectivity index (χ2n) is 7.88. The number of ether oxygens (including phenoxy) is 1. The van der Waals surface area contributed by atoms with Gasteiger partial charge >= 0.3 is 0 Å². The van der Waals surface area contributed by atoms with E-state index in [4.69, 9.17) is 4.74 Å². The van der Waals surface area contributed by atoms with Crippen LogP contribution in [0.3, 0.4) is 0 Å². The number of nitrogens with zero attached hydrogens (tertiary/aromatic N) is 2. The molecule has 1 aromatic carbocycles. The highest BCUT2D eigenvalue weighted by molar-refractivity contribution is 7.18. The Kier molecular flexibility index (Phi) is 6.18. The van der Waals surface area contributed by atoms with Crippen LogP contribution < -0.4 is 10.3 Å². The quantitative estimate of drug-likeness (QED) is 0.627. The van der Waals surface area contributed by atoms with Crippen molar-refractivity contribution in [2.75, 3.05) is 20.2 Å². The first kappa shape index (κ1) is 20.6. The Morgan fingerprint density at radius 3 is 2.97 bits per heavy atom. The van der Waals surface area contributed by atoms with Gasteiger partial charge in [-0.1, -0.05) is 12.1 Å². The van der Waals surface area contributed by atoms with E-state index < -0.39 is 0 Å². The van der Waals surface area contributed by atoms with Gasteiger partial charge in [-0.3, -0.25) is 9.59 Å². The highest BCUT2D eigenvalue weighted by Gasteiger charge is 2.20. The SMILES string of the molecule is Cc1cccc(OCCN(C)C(=O)CCc2nc3sc4c(c3c(=O)[nH]2)CCCC4)c1. The minimum Gasteiger partial charge on any atom is -0.492 e. The number of H-pyrrole nitrogens is 1. The standard InChI is InChI=1S/C23H27N3O3S/c1-15-6-5-7-16(14-15)29-13-12-26(2)20(27)11-10-19-24-22(28)21-17-8-3-4-9-18(17)30-23(21)25-19/h5-7,14H,3-4,8-13H2,1-2H3,(H,24,25,28). The summed E-state index contributed by atoms with van der Waals surface area (Å²) in [5, 5.41) is 0.759. The molecule has 0 saturated heterocycles. The average molecular weight is 426 g/mol. The molecular weight excluding hydrogens is 398 g/mol. The van der Waals surface area contributed by atoms with E-state index in [2.05, 4.69) is 9.97 Å². The Hall–Kier alpha value is -2.67. The van der Waals surface area contributed by atoms with Crippen LogP contribution in [0, 0.1) is 6.92 Å². The van der Waals surface area contributed by atoms with Crippen LogP contribution in [0.4, 0.5) is 0 Å². The van der Waals surface area contributed by atoms with Crippen molar-refractivity contribution in [2.45, 2.75) is 45.4 Å². The summed E-state index contributed by atoms with van der Waals surface area (Å²) in [5.41, 5.74) is 2.26. The van der Waals surface area contributed by atoms with Crippen LogP contribution >= 0.6 is 11.3 Å². The molecule has 0 aliphatic heterocycles. The molecule has 158 valence electrons. The van der Waals surface area contributed by atoms with Crippen molar-refractivity contribution in [3.63, 3.8) is 0 Å². The minimum absolute atomic E-state index is 0.0102. The van der Waals surface area contributed by atoms with Crippen LogP contribution in [0.15, 0.2) is 29.1 Å². The Balaban J connectivity index is 1.33. The summed E-state index contributed by atoms with van der Waals surface area (Å²) in [6, 6.07) is 7.86. The zero-order valence-electron chi connectivity index (χ0n) is 17.5. The normalized spacial score (nSPS) is 13.3. The summed E-state index contributed by atoms with van der Waals surface area (Å²) < 4.78 is 5.72. The molecule has 1 aliphatic rings. The number of hydrogen-bond donors (Lipinski definition) is 1. The fraction of sp³-hybridized carbons (Fsp3) is 0.435. The summed E-state index contributed by atoms with van der Waals surface area (Å²) in [5.74, 6) is 1.41. The maximum atomic E-state index is 12.6. The molecule has 0 unspecified atom stereocenters. The highest BCUT2D eigenvalue weighted by atomic mass is 32.1. The molecule has 4 rings (SSSR count). The fourth-order valence-corrected chi connectivity index (χ4v) is 5.15. The third-order valence-corrected chi connectivity index (χ3v) is 6.75. The molecule has 0 bridgehead atoms. The molecule has 0 fully saturated rings. The van der Waals surface area contributed by atoms with Crippen molar-refractivity contribution in [1.29, 1.82) is 0 Å². The highest BCUT2D eigenvalue weighted by Crippen LogP contribution is 2.33. The minimum atomic E-state index is -0.0678. The van der Waals surface area contributed by atoms with Gasteiger partial charge in [0.15, 0.2) is 0 Å². The predicted octanol–water partition coefficient (Wildman–Crippen LogP) is 3.64. The third-order valence-electron chi connectivity index (χ3n) is 5.56. The second-order valence-corrected chi connectivity index (χ2v) is 8.97. The number of nitrogens with one attached hydrogen (secondary N) is 1. The van der Waals surface area contributed by atoms with Crippen molar-refractivity contribution in [1.82, 2.24) is 14.9 Å². The molecule has 2 heterocycles. The number of carbonyl (C=O) groups is 1. The molecule has 7 heteroatoms. The lowest BCUT2D eigenvalue weighted by atomic mass is 9.97. The van der Waals surface area contributed by atoms with Crippen molar-refractivity contribution >= 4 is 27.5 Å². The molecule has 3 aromatic rings. The summed E-state index contributed by atoms with van der Waals surface area (Å²) in [6.07, 6.45) is 5.05. The molecule has 0 radical (unpaired) electrons. The lowest BCUT2D eigenvalue weighted by Gasteiger charge is -2.17. The van der Waals surface area contributed by atoms with Gasteiger partial charge in [-0.2, -0.15) is 0 Å². The van der Waals surface area contributed by atoms with Crippen molar-refractivity contribution < 1.29 is 9.53 Å². The first-order chi connectivity index (χ1) is 14.5. The average Bonchev–Trinajstić information content (AvgIpc) is 3.11. The van der Waals surface area contributed by atoms with E-state index in [0.29, 0.717) is 31.8 Å². The number of benzene rings is 1. The zero-order chi connectivity index (χ0) is 21.1. The molecule has 2 aromatic heterocycles. The maximum absolute atomic E-state index is 12.6. The van der Waals surface area contributed by atoms with Crippen LogP contribution in [0.2, 0.25) is 0 Å². The zero-order valence-corrected chi connectivity index (χ0v) is 18.3. The van der Waals surface area contributed by atoms with E-state index in [1.807, 2.05) is 31.2 Å². The van der Waals surface area contributed by atoms with Gasteiger partial charge in [0.1, 0.15) is 23.0 Å². The lowest BCUT2D eigenvalue weighted by Crippen LogP contribution is -2.31. The van der Waals surface area contributed by atoms with E-state index >= 15 is 0 Å². The molecular formula is C23H27N3O3S. The summed E-state index contributed by atoms with van der Waals surface area (Å²) >= 11 is 1.64.